The second-order valence-corrected chi connectivity index (χ2v) is 5.70. The van der Waals surface area contributed by atoms with Crippen LogP contribution >= 0.6 is 11.6 Å². The number of hydrogen-bond acceptors (Lipinski definition) is 4. The molecule has 0 bridgehead atoms. The van der Waals surface area contributed by atoms with Crippen molar-refractivity contribution < 1.29 is 14.3 Å². The fourth-order valence-electron chi connectivity index (χ4n) is 1.69. The molecule has 0 saturated heterocycles. The first-order valence-corrected chi connectivity index (χ1v) is 7.52. The summed E-state index contributed by atoms with van der Waals surface area (Å²) in [5, 5.41) is 3.35. The molecule has 0 atom stereocenters. The van der Waals surface area contributed by atoms with Crippen LogP contribution in [0.25, 0.3) is 0 Å². The van der Waals surface area contributed by atoms with E-state index in [4.69, 9.17) is 16.3 Å². The zero-order chi connectivity index (χ0) is 16.8. The van der Waals surface area contributed by atoms with Gasteiger partial charge in [-0.2, -0.15) is 0 Å². The van der Waals surface area contributed by atoms with Gasteiger partial charge >= 0.3 is 5.97 Å². The molecule has 120 valence electrons. The number of anilines is 1. The zero-order valence-corrected chi connectivity index (χ0v) is 13.6. The van der Waals surface area contributed by atoms with Gasteiger partial charge in [-0.1, -0.05) is 25.4 Å². The molecule has 1 aromatic heterocycles. The molecule has 0 unspecified atom stereocenters. The first kappa shape index (κ1) is 17.0. The molecule has 1 amide bonds. The number of nitrogens with one attached hydrogen (secondary N) is 1. The number of ether oxygens (including phenoxy) is 1. The molecule has 2 aromatic rings. The second kappa shape index (κ2) is 7.74. The van der Waals surface area contributed by atoms with Crippen molar-refractivity contribution in [3.63, 3.8) is 0 Å². The standard InChI is InChI=1S/C17H17ClN2O3/c1-11(2)17(22)23-10-15-6-3-12(9-19-15)16(21)20-14-7-4-13(18)5-8-14/h3-9,11H,10H2,1-2H3,(H,20,21). The van der Waals surface area contributed by atoms with Crippen LogP contribution in [0, 0.1) is 5.92 Å². The SMILES string of the molecule is CC(C)C(=O)OCc1ccc(C(=O)Nc2ccc(Cl)cc2)cn1. The van der Waals surface area contributed by atoms with Crippen molar-refractivity contribution >= 4 is 29.2 Å². The van der Waals surface area contributed by atoms with E-state index in [0.717, 1.165) is 0 Å². The Morgan fingerprint density at radius 1 is 1.17 bits per heavy atom. The zero-order valence-electron chi connectivity index (χ0n) is 12.9. The summed E-state index contributed by atoms with van der Waals surface area (Å²) in [6.45, 7) is 3.62. The number of aromatic nitrogens is 1. The molecular weight excluding hydrogens is 316 g/mol. The summed E-state index contributed by atoms with van der Waals surface area (Å²) in [5.41, 5.74) is 1.65. The van der Waals surface area contributed by atoms with Gasteiger partial charge in [0.05, 0.1) is 17.2 Å². The van der Waals surface area contributed by atoms with Crippen molar-refractivity contribution in [2.24, 2.45) is 5.92 Å². The molecular formula is C17H17ClN2O3. The summed E-state index contributed by atoms with van der Waals surface area (Å²) in [6, 6.07) is 10.1. The Kier molecular flexibility index (Phi) is 5.71. The summed E-state index contributed by atoms with van der Waals surface area (Å²) in [6.07, 6.45) is 1.45. The van der Waals surface area contributed by atoms with Gasteiger partial charge in [0.1, 0.15) is 6.61 Å². The van der Waals surface area contributed by atoms with Crippen LogP contribution in [-0.2, 0) is 16.1 Å². The summed E-state index contributed by atoms with van der Waals surface area (Å²) >= 11 is 5.80. The predicted molar refractivity (Wildman–Crippen MR) is 88.3 cm³/mol. The van der Waals surface area contributed by atoms with Crippen LogP contribution < -0.4 is 5.32 Å². The lowest BCUT2D eigenvalue weighted by molar-refractivity contribution is -0.148. The number of amides is 1. The van der Waals surface area contributed by atoms with E-state index >= 15 is 0 Å². The molecule has 1 heterocycles. The fourth-order valence-corrected chi connectivity index (χ4v) is 1.82. The van der Waals surface area contributed by atoms with Gasteiger partial charge < -0.3 is 10.1 Å². The highest BCUT2D eigenvalue weighted by Crippen LogP contribution is 2.14. The number of benzene rings is 1. The third kappa shape index (κ3) is 5.07. The van der Waals surface area contributed by atoms with Gasteiger partial charge in [0, 0.05) is 16.9 Å². The molecule has 0 fully saturated rings. The first-order valence-electron chi connectivity index (χ1n) is 7.14. The van der Waals surface area contributed by atoms with E-state index in [-0.39, 0.29) is 24.4 Å². The van der Waals surface area contributed by atoms with Gasteiger partial charge in [-0.15, -0.1) is 0 Å². The van der Waals surface area contributed by atoms with Crippen LogP contribution in [0.5, 0.6) is 0 Å². The molecule has 0 spiro atoms. The minimum absolute atomic E-state index is 0.0933. The highest BCUT2D eigenvalue weighted by Gasteiger charge is 2.10. The van der Waals surface area contributed by atoms with Crippen molar-refractivity contribution in [1.29, 1.82) is 0 Å². The number of esters is 1. The van der Waals surface area contributed by atoms with E-state index < -0.39 is 0 Å². The van der Waals surface area contributed by atoms with Gasteiger partial charge in [0.25, 0.3) is 5.91 Å². The highest BCUT2D eigenvalue weighted by atomic mass is 35.5. The van der Waals surface area contributed by atoms with E-state index in [1.54, 1.807) is 50.2 Å². The molecule has 0 aliphatic carbocycles. The van der Waals surface area contributed by atoms with Crippen molar-refractivity contribution in [2.75, 3.05) is 5.32 Å². The average molecular weight is 333 g/mol. The molecule has 1 aromatic carbocycles. The largest absolute Gasteiger partial charge is 0.459 e. The molecule has 1 N–H and O–H groups in total. The maximum absolute atomic E-state index is 12.1. The van der Waals surface area contributed by atoms with E-state index in [0.29, 0.717) is 22.0 Å². The van der Waals surface area contributed by atoms with Crippen LogP contribution in [0.15, 0.2) is 42.6 Å². The Morgan fingerprint density at radius 3 is 2.43 bits per heavy atom. The lowest BCUT2D eigenvalue weighted by Crippen LogP contribution is -2.14. The molecule has 5 nitrogen and oxygen atoms in total. The van der Waals surface area contributed by atoms with Crippen molar-refractivity contribution in [1.82, 2.24) is 4.98 Å². The molecule has 23 heavy (non-hydrogen) atoms. The minimum Gasteiger partial charge on any atom is -0.459 e. The second-order valence-electron chi connectivity index (χ2n) is 5.26. The van der Waals surface area contributed by atoms with Crippen LogP contribution in [0.2, 0.25) is 5.02 Å². The van der Waals surface area contributed by atoms with Crippen LogP contribution in [-0.4, -0.2) is 16.9 Å². The predicted octanol–water partition coefficient (Wildman–Crippen LogP) is 3.69. The van der Waals surface area contributed by atoms with E-state index in [2.05, 4.69) is 10.3 Å². The molecule has 0 saturated carbocycles. The highest BCUT2D eigenvalue weighted by molar-refractivity contribution is 6.30. The van der Waals surface area contributed by atoms with Gasteiger partial charge in [-0.3, -0.25) is 14.6 Å². The fraction of sp³-hybridized carbons (Fsp3) is 0.235. The average Bonchev–Trinajstić information content (AvgIpc) is 2.55. The van der Waals surface area contributed by atoms with Crippen molar-refractivity contribution in [3.05, 3.63) is 58.9 Å². The molecule has 0 radical (unpaired) electrons. The number of pyridine rings is 1. The van der Waals surface area contributed by atoms with Crippen LogP contribution in [0.4, 0.5) is 5.69 Å². The summed E-state index contributed by atoms with van der Waals surface area (Å²) in [5.74, 6) is -0.735. The van der Waals surface area contributed by atoms with Crippen molar-refractivity contribution in [3.8, 4) is 0 Å². The summed E-state index contributed by atoms with van der Waals surface area (Å²) < 4.78 is 5.08. The smallest absolute Gasteiger partial charge is 0.308 e. The number of hydrogen-bond donors (Lipinski definition) is 1. The van der Waals surface area contributed by atoms with Gasteiger partial charge in [-0.05, 0) is 36.4 Å². The minimum atomic E-state index is -0.281. The van der Waals surface area contributed by atoms with E-state index in [1.165, 1.54) is 6.20 Å². The number of halogens is 1. The van der Waals surface area contributed by atoms with Gasteiger partial charge in [0.15, 0.2) is 0 Å². The van der Waals surface area contributed by atoms with E-state index in [1.807, 2.05) is 0 Å². The van der Waals surface area contributed by atoms with Gasteiger partial charge in [-0.25, -0.2) is 0 Å². The first-order chi connectivity index (χ1) is 11.0. The Labute approximate surface area is 139 Å². The summed E-state index contributed by atoms with van der Waals surface area (Å²) in [4.78, 5) is 27.6. The molecule has 2 rings (SSSR count). The Balaban J connectivity index is 1.94. The molecule has 0 aliphatic rings. The Morgan fingerprint density at radius 2 is 1.87 bits per heavy atom. The monoisotopic (exact) mass is 332 g/mol. The normalized spacial score (nSPS) is 10.4. The third-order valence-corrected chi connectivity index (χ3v) is 3.27. The maximum atomic E-state index is 12.1. The Hall–Kier alpha value is -2.40. The molecule has 0 aliphatic heterocycles. The lowest BCUT2D eigenvalue weighted by Gasteiger charge is -2.08. The maximum Gasteiger partial charge on any atom is 0.308 e. The van der Waals surface area contributed by atoms with Crippen LogP contribution in [0.3, 0.4) is 0 Å². The number of carbonyl (C=O) groups excluding carboxylic acids is 2. The van der Waals surface area contributed by atoms with Crippen LogP contribution in [0.1, 0.15) is 29.9 Å². The number of nitrogens with zero attached hydrogens (tertiary/aromatic N) is 1. The quantitative estimate of drug-likeness (QED) is 0.848. The molecule has 6 heteroatoms. The summed E-state index contributed by atoms with van der Waals surface area (Å²) in [7, 11) is 0. The van der Waals surface area contributed by atoms with E-state index in [9.17, 15) is 9.59 Å². The number of carbonyl (C=O) groups is 2. The topological polar surface area (TPSA) is 68.3 Å². The number of rotatable bonds is 5. The Bertz CT molecular complexity index is 682. The third-order valence-electron chi connectivity index (χ3n) is 3.02. The van der Waals surface area contributed by atoms with Crippen molar-refractivity contribution in [2.45, 2.75) is 20.5 Å². The lowest BCUT2D eigenvalue weighted by atomic mass is 10.2. The van der Waals surface area contributed by atoms with Gasteiger partial charge in [0.2, 0.25) is 0 Å².